The SMILES string of the molecule is Cc1cc(C)c(C(Cc2ccoc2)NN)c(C)c1. The van der Waals surface area contributed by atoms with Gasteiger partial charge in [-0.25, -0.2) is 0 Å². The summed E-state index contributed by atoms with van der Waals surface area (Å²) in [4.78, 5) is 0. The zero-order chi connectivity index (χ0) is 13.1. The van der Waals surface area contributed by atoms with Crippen molar-refractivity contribution >= 4 is 0 Å². The molecule has 0 amide bonds. The summed E-state index contributed by atoms with van der Waals surface area (Å²) < 4.78 is 5.11. The summed E-state index contributed by atoms with van der Waals surface area (Å²) in [5, 5.41) is 0. The van der Waals surface area contributed by atoms with Crippen LogP contribution in [0.3, 0.4) is 0 Å². The molecule has 1 heterocycles. The number of hydrogen-bond acceptors (Lipinski definition) is 3. The maximum Gasteiger partial charge on any atom is 0.0935 e. The van der Waals surface area contributed by atoms with Crippen molar-refractivity contribution in [1.82, 2.24) is 5.43 Å². The highest BCUT2D eigenvalue weighted by Crippen LogP contribution is 2.26. The highest BCUT2D eigenvalue weighted by atomic mass is 16.3. The van der Waals surface area contributed by atoms with E-state index in [1.165, 1.54) is 22.3 Å². The Balaban J connectivity index is 2.33. The summed E-state index contributed by atoms with van der Waals surface area (Å²) in [6, 6.07) is 6.48. The second-order valence-electron chi connectivity index (χ2n) is 4.87. The fourth-order valence-corrected chi connectivity index (χ4v) is 2.63. The molecular weight excluding hydrogens is 224 g/mol. The van der Waals surface area contributed by atoms with E-state index < -0.39 is 0 Å². The van der Waals surface area contributed by atoms with Crippen LogP contribution < -0.4 is 11.3 Å². The molecule has 0 aliphatic carbocycles. The van der Waals surface area contributed by atoms with E-state index in [1.54, 1.807) is 12.5 Å². The zero-order valence-electron chi connectivity index (χ0n) is 11.2. The van der Waals surface area contributed by atoms with Gasteiger partial charge in [-0.2, -0.15) is 0 Å². The second-order valence-corrected chi connectivity index (χ2v) is 4.87. The van der Waals surface area contributed by atoms with E-state index in [4.69, 9.17) is 10.3 Å². The van der Waals surface area contributed by atoms with Crippen LogP contribution in [-0.2, 0) is 6.42 Å². The summed E-state index contributed by atoms with van der Waals surface area (Å²) in [5.41, 5.74) is 9.19. The fourth-order valence-electron chi connectivity index (χ4n) is 2.63. The number of hydrazine groups is 1. The molecule has 0 aliphatic heterocycles. The minimum Gasteiger partial charge on any atom is -0.472 e. The smallest absolute Gasteiger partial charge is 0.0935 e. The van der Waals surface area contributed by atoms with Crippen molar-refractivity contribution in [2.24, 2.45) is 5.84 Å². The summed E-state index contributed by atoms with van der Waals surface area (Å²) in [6.45, 7) is 6.38. The first-order chi connectivity index (χ1) is 8.61. The normalized spacial score (nSPS) is 12.7. The molecule has 3 nitrogen and oxygen atoms in total. The van der Waals surface area contributed by atoms with E-state index in [9.17, 15) is 0 Å². The van der Waals surface area contributed by atoms with E-state index in [1.807, 2.05) is 6.07 Å². The Morgan fingerprint density at radius 3 is 2.39 bits per heavy atom. The molecule has 1 unspecified atom stereocenters. The van der Waals surface area contributed by atoms with E-state index in [2.05, 4.69) is 38.3 Å². The third kappa shape index (κ3) is 2.63. The van der Waals surface area contributed by atoms with Gasteiger partial charge in [-0.05, 0) is 55.5 Å². The Hall–Kier alpha value is -1.58. The lowest BCUT2D eigenvalue weighted by molar-refractivity contribution is 0.532. The average molecular weight is 244 g/mol. The van der Waals surface area contributed by atoms with Gasteiger partial charge in [-0.1, -0.05) is 17.7 Å². The van der Waals surface area contributed by atoms with Gasteiger partial charge in [0.15, 0.2) is 0 Å². The van der Waals surface area contributed by atoms with Gasteiger partial charge in [0.25, 0.3) is 0 Å². The lowest BCUT2D eigenvalue weighted by Crippen LogP contribution is -2.30. The molecule has 3 heteroatoms. The second kappa shape index (κ2) is 5.38. The number of aryl methyl sites for hydroxylation is 3. The standard InChI is InChI=1S/C15H20N2O/c1-10-6-11(2)15(12(3)7-10)14(17-16)8-13-4-5-18-9-13/h4-7,9,14,17H,8,16H2,1-3H3. The maximum atomic E-state index is 5.72. The minimum atomic E-state index is 0.114. The molecule has 1 aromatic heterocycles. The molecule has 0 saturated carbocycles. The van der Waals surface area contributed by atoms with E-state index in [0.717, 1.165) is 12.0 Å². The summed E-state index contributed by atoms with van der Waals surface area (Å²) in [6.07, 6.45) is 4.29. The van der Waals surface area contributed by atoms with Crippen LogP contribution in [0.25, 0.3) is 0 Å². The van der Waals surface area contributed by atoms with Crippen molar-refractivity contribution < 1.29 is 4.42 Å². The van der Waals surface area contributed by atoms with Crippen molar-refractivity contribution in [3.05, 3.63) is 58.5 Å². The van der Waals surface area contributed by atoms with Crippen LogP contribution in [0, 0.1) is 20.8 Å². The van der Waals surface area contributed by atoms with Crippen molar-refractivity contribution in [3.63, 3.8) is 0 Å². The third-order valence-electron chi connectivity index (χ3n) is 3.31. The van der Waals surface area contributed by atoms with Crippen LogP contribution in [0.2, 0.25) is 0 Å². The van der Waals surface area contributed by atoms with Crippen LogP contribution in [-0.4, -0.2) is 0 Å². The highest BCUT2D eigenvalue weighted by molar-refractivity contribution is 5.40. The number of nitrogens with one attached hydrogen (secondary N) is 1. The number of rotatable bonds is 4. The quantitative estimate of drug-likeness (QED) is 0.642. The van der Waals surface area contributed by atoms with E-state index in [0.29, 0.717) is 0 Å². The monoisotopic (exact) mass is 244 g/mol. The Labute approximate surface area is 108 Å². The van der Waals surface area contributed by atoms with Crippen molar-refractivity contribution in [3.8, 4) is 0 Å². The molecule has 3 N–H and O–H groups in total. The Kier molecular flexibility index (Phi) is 3.84. The molecule has 0 fully saturated rings. The van der Waals surface area contributed by atoms with Crippen molar-refractivity contribution in [2.75, 3.05) is 0 Å². The largest absolute Gasteiger partial charge is 0.472 e. The Morgan fingerprint density at radius 2 is 1.89 bits per heavy atom. The molecular formula is C15H20N2O. The maximum absolute atomic E-state index is 5.72. The summed E-state index contributed by atoms with van der Waals surface area (Å²) in [5.74, 6) is 5.72. The van der Waals surface area contributed by atoms with Crippen LogP contribution >= 0.6 is 0 Å². The fraction of sp³-hybridized carbons (Fsp3) is 0.333. The molecule has 0 aliphatic rings. The molecule has 18 heavy (non-hydrogen) atoms. The molecule has 0 radical (unpaired) electrons. The van der Waals surface area contributed by atoms with Gasteiger partial charge in [-0.15, -0.1) is 0 Å². The van der Waals surface area contributed by atoms with Crippen molar-refractivity contribution in [2.45, 2.75) is 33.2 Å². The van der Waals surface area contributed by atoms with Gasteiger partial charge in [-0.3, -0.25) is 11.3 Å². The summed E-state index contributed by atoms with van der Waals surface area (Å²) in [7, 11) is 0. The third-order valence-corrected chi connectivity index (χ3v) is 3.31. The molecule has 1 atom stereocenters. The molecule has 2 aromatic rings. The van der Waals surface area contributed by atoms with Gasteiger partial charge in [0, 0.05) is 0 Å². The van der Waals surface area contributed by atoms with Crippen LogP contribution in [0.4, 0.5) is 0 Å². The lowest BCUT2D eigenvalue weighted by Gasteiger charge is -2.21. The predicted octanol–water partition coefficient (Wildman–Crippen LogP) is 2.95. The van der Waals surface area contributed by atoms with Gasteiger partial charge in [0.05, 0.1) is 18.6 Å². The number of benzene rings is 1. The van der Waals surface area contributed by atoms with Crippen molar-refractivity contribution in [1.29, 1.82) is 0 Å². The van der Waals surface area contributed by atoms with Gasteiger partial charge < -0.3 is 4.42 Å². The molecule has 0 spiro atoms. The Bertz CT molecular complexity index is 494. The topological polar surface area (TPSA) is 51.2 Å². The number of nitrogens with two attached hydrogens (primary N) is 1. The highest BCUT2D eigenvalue weighted by Gasteiger charge is 2.16. The van der Waals surface area contributed by atoms with Crippen LogP contribution in [0.5, 0.6) is 0 Å². The average Bonchev–Trinajstić information content (AvgIpc) is 2.79. The molecule has 1 aromatic carbocycles. The molecule has 0 saturated heterocycles. The minimum absolute atomic E-state index is 0.114. The lowest BCUT2D eigenvalue weighted by atomic mass is 9.91. The van der Waals surface area contributed by atoms with Gasteiger partial charge in [0.2, 0.25) is 0 Å². The van der Waals surface area contributed by atoms with Crippen LogP contribution in [0.15, 0.2) is 35.1 Å². The summed E-state index contributed by atoms with van der Waals surface area (Å²) >= 11 is 0. The molecule has 2 rings (SSSR count). The first-order valence-electron chi connectivity index (χ1n) is 6.16. The predicted molar refractivity (Wildman–Crippen MR) is 73.1 cm³/mol. The zero-order valence-corrected chi connectivity index (χ0v) is 11.2. The van der Waals surface area contributed by atoms with E-state index >= 15 is 0 Å². The first kappa shape index (κ1) is 12.9. The van der Waals surface area contributed by atoms with E-state index in [-0.39, 0.29) is 6.04 Å². The number of hydrogen-bond donors (Lipinski definition) is 2. The molecule has 0 bridgehead atoms. The Morgan fingerprint density at radius 1 is 1.22 bits per heavy atom. The molecule has 96 valence electrons. The van der Waals surface area contributed by atoms with Gasteiger partial charge >= 0.3 is 0 Å². The first-order valence-corrected chi connectivity index (χ1v) is 6.16. The van der Waals surface area contributed by atoms with Gasteiger partial charge in [0.1, 0.15) is 0 Å². The number of furan rings is 1. The van der Waals surface area contributed by atoms with Crippen LogP contribution in [0.1, 0.15) is 33.9 Å².